The van der Waals surface area contributed by atoms with E-state index in [-0.39, 0.29) is 30.9 Å². The van der Waals surface area contributed by atoms with Crippen LogP contribution >= 0.6 is 0 Å². The van der Waals surface area contributed by atoms with Crippen molar-refractivity contribution in [3.05, 3.63) is 35.9 Å². The lowest BCUT2D eigenvalue weighted by Gasteiger charge is -2.25. The number of nitrogens with zero attached hydrogens (tertiary/aromatic N) is 1. The molecule has 7 nitrogen and oxygen atoms in total. The van der Waals surface area contributed by atoms with Crippen molar-refractivity contribution in [2.75, 3.05) is 26.2 Å². The Balaban J connectivity index is 0.000000318. The molecule has 2 fully saturated rings. The van der Waals surface area contributed by atoms with Crippen LogP contribution in [0.4, 0.5) is 4.79 Å². The van der Waals surface area contributed by atoms with Crippen LogP contribution in [-0.2, 0) is 16.1 Å². The number of carbonyl (C=O) groups excluding carboxylic acids is 2. The monoisotopic (exact) mass is 386 g/mol. The van der Waals surface area contributed by atoms with Gasteiger partial charge in [-0.25, -0.2) is 4.79 Å². The topological polar surface area (TPSA) is 104 Å². The van der Waals surface area contributed by atoms with Crippen LogP contribution in [0.2, 0.25) is 0 Å². The lowest BCUT2D eigenvalue weighted by Crippen LogP contribution is -3.00. The molecule has 4 N–H and O–H groups in total. The summed E-state index contributed by atoms with van der Waals surface area (Å²) < 4.78 is 5.18. The Morgan fingerprint density at radius 1 is 1.12 bits per heavy atom. The highest BCUT2D eigenvalue weighted by Gasteiger charge is 2.27. The van der Waals surface area contributed by atoms with Crippen molar-refractivity contribution in [1.82, 2.24) is 4.90 Å². The molecule has 2 heterocycles. The standard InChI is InChI=1S/C13H15NO3.C5H11NO2.ClH/c15-12-6-8-14(9-7-12)13(16)17-10-11-4-2-1-3-5-11;7-5(8)1-3-6-4-2-5;/h1-5H,6-10H2;6-8H,1-4H2;1H. The summed E-state index contributed by atoms with van der Waals surface area (Å²) in [4.78, 5) is 24.3. The Morgan fingerprint density at radius 3 is 2.19 bits per heavy atom. The highest BCUT2D eigenvalue weighted by atomic mass is 35.5. The Labute approximate surface area is 159 Å². The van der Waals surface area contributed by atoms with Gasteiger partial charge in [-0.1, -0.05) is 30.3 Å². The smallest absolute Gasteiger partial charge is 0.410 e. The fraction of sp³-hybridized carbons (Fsp3) is 0.556. The van der Waals surface area contributed by atoms with Crippen molar-refractivity contribution in [1.29, 1.82) is 0 Å². The van der Waals surface area contributed by atoms with E-state index < -0.39 is 5.79 Å². The summed E-state index contributed by atoms with van der Waals surface area (Å²) in [7, 11) is 0. The maximum absolute atomic E-state index is 11.7. The van der Waals surface area contributed by atoms with E-state index in [1.54, 1.807) is 4.90 Å². The summed E-state index contributed by atoms with van der Waals surface area (Å²) in [6.45, 7) is 2.92. The van der Waals surface area contributed by atoms with Gasteiger partial charge in [-0.3, -0.25) is 4.79 Å². The minimum absolute atomic E-state index is 0. The van der Waals surface area contributed by atoms with Crippen molar-refractivity contribution in [2.45, 2.75) is 38.1 Å². The van der Waals surface area contributed by atoms with Crippen LogP contribution in [0.1, 0.15) is 31.2 Å². The van der Waals surface area contributed by atoms with Gasteiger partial charge in [-0.15, -0.1) is 0 Å². The summed E-state index contributed by atoms with van der Waals surface area (Å²) in [6, 6.07) is 9.55. The van der Waals surface area contributed by atoms with Crippen molar-refractivity contribution >= 4 is 11.9 Å². The first-order chi connectivity index (χ1) is 12.0. The second kappa shape index (κ2) is 11.1. The van der Waals surface area contributed by atoms with E-state index in [0.717, 1.165) is 18.7 Å². The number of benzene rings is 1. The normalized spacial score (nSPS) is 18.8. The van der Waals surface area contributed by atoms with E-state index in [9.17, 15) is 9.59 Å². The molecule has 8 heteroatoms. The zero-order valence-corrected chi connectivity index (χ0v) is 15.5. The summed E-state index contributed by atoms with van der Waals surface area (Å²) in [6.07, 6.45) is 1.57. The van der Waals surface area contributed by atoms with Gasteiger partial charge in [0.1, 0.15) is 12.4 Å². The SMILES string of the molecule is O=C1CCN(C(=O)OCc2ccccc2)CC1.OC1(O)CC[NH2+]CC1.[Cl-]. The van der Waals surface area contributed by atoms with Crippen molar-refractivity contribution < 1.29 is 42.3 Å². The van der Waals surface area contributed by atoms with Crippen LogP contribution in [0.3, 0.4) is 0 Å². The van der Waals surface area contributed by atoms with Crippen molar-refractivity contribution in [3.63, 3.8) is 0 Å². The highest BCUT2D eigenvalue weighted by Crippen LogP contribution is 2.10. The van der Waals surface area contributed by atoms with Gasteiger partial charge < -0.3 is 37.6 Å². The number of quaternary nitrogens is 1. The average Bonchev–Trinajstić information content (AvgIpc) is 2.61. The van der Waals surface area contributed by atoms with E-state index in [2.05, 4.69) is 5.32 Å². The van der Waals surface area contributed by atoms with Crippen LogP contribution < -0.4 is 17.7 Å². The number of piperidine rings is 2. The summed E-state index contributed by atoms with van der Waals surface area (Å²) in [5.41, 5.74) is 0.967. The van der Waals surface area contributed by atoms with E-state index >= 15 is 0 Å². The number of ketones is 1. The van der Waals surface area contributed by atoms with Gasteiger partial charge in [-0.2, -0.15) is 0 Å². The van der Waals surface area contributed by atoms with Crippen LogP contribution in [0.15, 0.2) is 30.3 Å². The third-order valence-corrected chi connectivity index (χ3v) is 4.28. The van der Waals surface area contributed by atoms with Crippen LogP contribution in [0.25, 0.3) is 0 Å². The molecule has 2 aliphatic heterocycles. The molecule has 2 saturated heterocycles. The average molecular weight is 387 g/mol. The number of Topliss-reactive ketones (excluding diaryl/α,β-unsaturated/α-hetero) is 1. The summed E-state index contributed by atoms with van der Waals surface area (Å²) >= 11 is 0. The van der Waals surface area contributed by atoms with Crippen molar-refractivity contribution in [3.8, 4) is 0 Å². The molecule has 0 spiro atoms. The van der Waals surface area contributed by atoms with Gasteiger partial charge in [0.05, 0.1) is 25.9 Å². The Bertz CT molecular complexity index is 550. The van der Waals surface area contributed by atoms with Gasteiger partial charge in [0.2, 0.25) is 0 Å². The molecular weight excluding hydrogens is 360 g/mol. The minimum atomic E-state index is -1.35. The maximum Gasteiger partial charge on any atom is 0.410 e. The molecule has 1 amide bonds. The number of likely N-dealkylation sites (tertiary alicyclic amines) is 1. The van der Waals surface area contributed by atoms with Gasteiger partial charge in [0, 0.05) is 25.9 Å². The Hall–Kier alpha value is -1.67. The largest absolute Gasteiger partial charge is 1.00 e. The van der Waals surface area contributed by atoms with E-state index in [1.807, 2.05) is 30.3 Å². The number of nitrogens with two attached hydrogens (primary N) is 1. The number of carbonyl (C=O) groups is 2. The first kappa shape index (κ1) is 22.4. The predicted octanol–water partition coefficient (Wildman–Crippen LogP) is -2.98. The zero-order valence-electron chi connectivity index (χ0n) is 14.8. The quantitative estimate of drug-likeness (QED) is 0.470. The summed E-state index contributed by atoms with van der Waals surface area (Å²) in [5.74, 6) is -1.13. The third kappa shape index (κ3) is 8.14. The maximum atomic E-state index is 11.7. The first-order valence-electron chi connectivity index (χ1n) is 8.70. The van der Waals surface area contributed by atoms with E-state index in [4.69, 9.17) is 14.9 Å². The molecule has 3 rings (SSSR count). The molecule has 0 atom stereocenters. The fourth-order valence-electron chi connectivity index (χ4n) is 2.69. The number of rotatable bonds is 2. The Morgan fingerprint density at radius 2 is 1.69 bits per heavy atom. The second-order valence-corrected chi connectivity index (χ2v) is 6.41. The van der Waals surface area contributed by atoms with Crippen molar-refractivity contribution in [2.24, 2.45) is 0 Å². The van der Waals surface area contributed by atoms with Crippen LogP contribution in [0.5, 0.6) is 0 Å². The molecule has 146 valence electrons. The number of halogens is 1. The number of aliphatic hydroxyl groups is 2. The zero-order chi connectivity index (χ0) is 18.1. The Kier molecular flexibility index (Phi) is 9.58. The predicted molar refractivity (Wildman–Crippen MR) is 90.5 cm³/mol. The second-order valence-electron chi connectivity index (χ2n) is 6.41. The van der Waals surface area contributed by atoms with Crippen LogP contribution in [-0.4, -0.2) is 59.0 Å². The molecule has 0 radical (unpaired) electrons. The molecule has 26 heavy (non-hydrogen) atoms. The number of amides is 1. The lowest BCUT2D eigenvalue weighted by molar-refractivity contribution is -0.672. The molecule has 1 aromatic rings. The highest BCUT2D eigenvalue weighted by molar-refractivity contribution is 5.81. The third-order valence-electron chi connectivity index (χ3n) is 4.28. The molecule has 0 bridgehead atoms. The summed E-state index contributed by atoms with van der Waals surface area (Å²) in [5, 5.41) is 19.9. The van der Waals surface area contributed by atoms with Crippen LogP contribution in [0, 0.1) is 0 Å². The number of hydrogen-bond acceptors (Lipinski definition) is 5. The van der Waals surface area contributed by atoms with Gasteiger partial charge >= 0.3 is 6.09 Å². The molecule has 0 aromatic heterocycles. The lowest BCUT2D eigenvalue weighted by atomic mass is 10.1. The minimum Gasteiger partial charge on any atom is -1.00 e. The van der Waals surface area contributed by atoms with E-state index in [0.29, 0.717) is 38.8 Å². The molecule has 0 unspecified atom stereocenters. The van der Waals surface area contributed by atoms with Gasteiger partial charge in [0.25, 0.3) is 0 Å². The fourth-order valence-corrected chi connectivity index (χ4v) is 2.69. The number of ether oxygens (including phenoxy) is 1. The van der Waals surface area contributed by atoms with Gasteiger partial charge in [-0.05, 0) is 5.56 Å². The van der Waals surface area contributed by atoms with E-state index in [1.165, 1.54) is 0 Å². The molecular formula is C18H27ClN2O5. The molecule has 0 aliphatic carbocycles. The molecule has 1 aromatic carbocycles. The molecule has 0 saturated carbocycles. The first-order valence-corrected chi connectivity index (χ1v) is 8.70. The molecule has 2 aliphatic rings. The van der Waals surface area contributed by atoms with Gasteiger partial charge in [0.15, 0.2) is 5.79 Å². The number of hydrogen-bond donors (Lipinski definition) is 3.